The van der Waals surface area contributed by atoms with Gasteiger partial charge in [0.05, 0.1) is 17.6 Å². The van der Waals surface area contributed by atoms with Crippen LogP contribution < -0.4 is 11.1 Å². The van der Waals surface area contributed by atoms with Crippen LogP contribution in [-0.2, 0) is 12.6 Å². The normalized spacial score (nSPS) is 11.5. The van der Waals surface area contributed by atoms with Crippen molar-refractivity contribution < 1.29 is 17.7 Å². The number of rotatable bonds is 4. The highest BCUT2D eigenvalue weighted by Crippen LogP contribution is 2.30. The summed E-state index contributed by atoms with van der Waals surface area (Å²) in [6, 6.07) is 0.864. The first-order chi connectivity index (χ1) is 8.97. The Labute approximate surface area is 105 Å². The Morgan fingerprint density at radius 2 is 2.11 bits per heavy atom. The van der Waals surface area contributed by atoms with Gasteiger partial charge in [0.2, 0.25) is 5.89 Å². The predicted octanol–water partition coefficient (Wildman–Crippen LogP) is 1.72. The maximum atomic E-state index is 12.5. The quantitative estimate of drug-likeness (QED) is 0.881. The molecule has 0 aromatic carbocycles. The first kappa shape index (κ1) is 13.1. The van der Waals surface area contributed by atoms with Gasteiger partial charge in [-0.15, -0.1) is 0 Å². The highest BCUT2D eigenvalue weighted by atomic mass is 19.4. The predicted molar refractivity (Wildman–Crippen MR) is 60.1 cm³/mol. The molecule has 0 saturated heterocycles. The van der Waals surface area contributed by atoms with E-state index in [-0.39, 0.29) is 11.4 Å². The summed E-state index contributed by atoms with van der Waals surface area (Å²) in [5, 5.41) is 6.19. The first-order valence-corrected chi connectivity index (χ1v) is 5.29. The van der Waals surface area contributed by atoms with E-state index in [0.29, 0.717) is 18.9 Å². The third-order valence-corrected chi connectivity index (χ3v) is 2.29. The molecule has 0 amide bonds. The van der Waals surface area contributed by atoms with Crippen molar-refractivity contribution in [3.63, 3.8) is 0 Å². The molecule has 0 radical (unpaired) electrons. The van der Waals surface area contributed by atoms with Crippen LogP contribution in [0.4, 0.5) is 24.5 Å². The molecule has 2 heterocycles. The molecule has 0 fully saturated rings. The molecular formula is C10H10F3N5O. The maximum Gasteiger partial charge on any atom is 0.433 e. The summed E-state index contributed by atoms with van der Waals surface area (Å²) < 4.78 is 42.2. The van der Waals surface area contributed by atoms with E-state index in [0.717, 1.165) is 12.3 Å². The molecule has 3 N–H and O–H groups in total. The van der Waals surface area contributed by atoms with Gasteiger partial charge in [-0.25, -0.2) is 4.98 Å². The van der Waals surface area contributed by atoms with Crippen molar-refractivity contribution in [1.82, 2.24) is 15.1 Å². The Hall–Kier alpha value is -2.32. The molecule has 102 valence electrons. The summed E-state index contributed by atoms with van der Waals surface area (Å²) in [5.41, 5.74) is 4.86. The van der Waals surface area contributed by atoms with Crippen LogP contribution in [0.25, 0.3) is 0 Å². The van der Waals surface area contributed by atoms with Crippen LogP contribution in [0.3, 0.4) is 0 Å². The number of nitrogens with one attached hydrogen (secondary N) is 1. The third kappa shape index (κ3) is 3.33. The Bertz CT molecular complexity index is 541. The molecule has 0 spiro atoms. The van der Waals surface area contributed by atoms with Crippen molar-refractivity contribution in [2.75, 3.05) is 17.6 Å². The van der Waals surface area contributed by atoms with Crippen LogP contribution in [0.15, 0.2) is 23.1 Å². The molecule has 9 heteroatoms. The average molecular weight is 273 g/mol. The molecule has 0 aliphatic heterocycles. The number of hydrogen-bond donors (Lipinski definition) is 2. The third-order valence-electron chi connectivity index (χ3n) is 2.29. The van der Waals surface area contributed by atoms with E-state index in [1.165, 1.54) is 6.33 Å². The van der Waals surface area contributed by atoms with Gasteiger partial charge in [-0.2, -0.15) is 18.2 Å². The molecule has 2 rings (SSSR count). The Balaban J connectivity index is 2.03. The lowest BCUT2D eigenvalue weighted by Crippen LogP contribution is -2.12. The highest BCUT2D eigenvalue weighted by molar-refractivity contribution is 5.65. The number of nitrogen functional groups attached to an aromatic ring is 1. The minimum atomic E-state index is -4.50. The van der Waals surface area contributed by atoms with E-state index < -0.39 is 11.9 Å². The van der Waals surface area contributed by atoms with Crippen LogP contribution in [0.2, 0.25) is 0 Å². The zero-order chi connectivity index (χ0) is 13.9. The van der Waals surface area contributed by atoms with Crippen molar-refractivity contribution in [3.05, 3.63) is 30.2 Å². The van der Waals surface area contributed by atoms with Gasteiger partial charge in [-0.3, -0.25) is 0 Å². The van der Waals surface area contributed by atoms with E-state index in [9.17, 15) is 13.2 Å². The molecule has 2 aromatic heterocycles. The summed E-state index contributed by atoms with van der Waals surface area (Å²) in [6.07, 6.45) is -1.91. The maximum absolute atomic E-state index is 12.5. The average Bonchev–Trinajstić information content (AvgIpc) is 2.83. The van der Waals surface area contributed by atoms with Gasteiger partial charge in [0, 0.05) is 13.0 Å². The van der Waals surface area contributed by atoms with Crippen LogP contribution >= 0.6 is 0 Å². The van der Waals surface area contributed by atoms with Crippen LogP contribution in [0.5, 0.6) is 0 Å². The SMILES string of the molecule is Nc1cnc(C(F)(F)F)cc1NCCc1ncno1. The number of hydrogen-bond acceptors (Lipinski definition) is 6. The lowest BCUT2D eigenvalue weighted by Gasteiger charge is -2.11. The number of aromatic nitrogens is 3. The van der Waals surface area contributed by atoms with Crippen LogP contribution in [-0.4, -0.2) is 21.7 Å². The van der Waals surface area contributed by atoms with Gasteiger partial charge in [0.1, 0.15) is 5.69 Å². The largest absolute Gasteiger partial charge is 0.433 e. The fraction of sp³-hybridized carbons (Fsp3) is 0.300. The lowest BCUT2D eigenvalue weighted by molar-refractivity contribution is -0.141. The van der Waals surface area contributed by atoms with E-state index in [2.05, 4.69) is 20.4 Å². The van der Waals surface area contributed by atoms with Crippen LogP contribution in [0, 0.1) is 0 Å². The molecule has 0 aliphatic carbocycles. The molecule has 0 unspecified atom stereocenters. The van der Waals surface area contributed by atoms with Gasteiger partial charge in [-0.1, -0.05) is 5.16 Å². The van der Waals surface area contributed by atoms with Crippen molar-refractivity contribution in [1.29, 1.82) is 0 Å². The molecule has 0 atom stereocenters. The Morgan fingerprint density at radius 3 is 2.74 bits per heavy atom. The lowest BCUT2D eigenvalue weighted by atomic mass is 10.2. The molecule has 2 aromatic rings. The summed E-state index contributed by atoms with van der Waals surface area (Å²) in [7, 11) is 0. The molecular weight excluding hydrogens is 263 g/mol. The standard InChI is InChI=1S/C10H10F3N5O/c11-10(12,13)8-3-7(6(14)4-16-8)15-2-1-9-17-5-18-19-9/h3-5H,1-2,14H2,(H,15,16). The molecule has 0 bridgehead atoms. The van der Waals surface area contributed by atoms with Crippen molar-refractivity contribution >= 4 is 11.4 Å². The second-order valence-corrected chi connectivity index (χ2v) is 3.67. The van der Waals surface area contributed by atoms with Crippen LogP contribution in [0.1, 0.15) is 11.6 Å². The highest BCUT2D eigenvalue weighted by Gasteiger charge is 2.32. The summed E-state index contributed by atoms with van der Waals surface area (Å²) in [4.78, 5) is 7.02. The Morgan fingerprint density at radius 1 is 1.32 bits per heavy atom. The van der Waals surface area contributed by atoms with E-state index in [1.807, 2.05) is 0 Å². The zero-order valence-corrected chi connectivity index (χ0v) is 9.61. The van der Waals surface area contributed by atoms with Gasteiger partial charge in [0.25, 0.3) is 0 Å². The first-order valence-electron chi connectivity index (χ1n) is 5.29. The number of halogens is 3. The smallest absolute Gasteiger partial charge is 0.396 e. The summed E-state index contributed by atoms with van der Waals surface area (Å²) >= 11 is 0. The number of nitrogens with two attached hydrogens (primary N) is 1. The van der Waals surface area contributed by atoms with Gasteiger partial charge < -0.3 is 15.6 Å². The van der Waals surface area contributed by atoms with E-state index in [1.54, 1.807) is 0 Å². The van der Waals surface area contributed by atoms with Crippen molar-refractivity contribution in [3.8, 4) is 0 Å². The van der Waals surface area contributed by atoms with E-state index in [4.69, 9.17) is 10.3 Å². The fourth-order valence-corrected chi connectivity index (χ4v) is 1.38. The summed E-state index contributed by atoms with van der Waals surface area (Å²) in [6.45, 7) is 0.313. The van der Waals surface area contributed by atoms with Gasteiger partial charge in [0.15, 0.2) is 6.33 Å². The number of pyridine rings is 1. The molecule has 6 nitrogen and oxygen atoms in total. The number of nitrogens with zero attached hydrogens (tertiary/aromatic N) is 3. The van der Waals surface area contributed by atoms with Crippen molar-refractivity contribution in [2.24, 2.45) is 0 Å². The van der Waals surface area contributed by atoms with Gasteiger partial charge in [-0.05, 0) is 6.07 Å². The molecule has 19 heavy (non-hydrogen) atoms. The minimum absolute atomic E-state index is 0.138. The number of alkyl halides is 3. The topological polar surface area (TPSA) is 89.9 Å². The van der Waals surface area contributed by atoms with Gasteiger partial charge >= 0.3 is 6.18 Å². The molecule has 0 aliphatic rings. The Kier molecular flexibility index (Phi) is 3.54. The van der Waals surface area contributed by atoms with E-state index >= 15 is 0 Å². The summed E-state index contributed by atoms with van der Waals surface area (Å²) in [5.74, 6) is 0.385. The second-order valence-electron chi connectivity index (χ2n) is 3.67. The zero-order valence-electron chi connectivity index (χ0n) is 9.61. The monoisotopic (exact) mass is 273 g/mol. The molecule has 0 saturated carbocycles. The van der Waals surface area contributed by atoms with Crippen molar-refractivity contribution in [2.45, 2.75) is 12.6 Å². The fourth-order valence-electron chi connectivity index (χ4n) is 1.38. The minimum Gasteiger partial charge on any atom is -0.396 e. The number of anilines is 2. The second kappa shape index (κ2) is 5.12.